The van der Waals surface area contributed by atoms with E-state index in [0.717, 1.165) is 11.1 Å². The summed E-state index contributed by atoms with van der Waals surface area (Å²) in [6.45, 7) is 3.45. The molecule has 0 heterocycles. The molecule has 0 aliphatic rings. The summed E-state index contributed by atoms with van der Waals surface area (Å²) in [6.07, 6.45) is -0.518. The van der Waals surface area contributed by atoms with Crippen LogP contribution in [0.15, 0.2) is 18.2 Å². The maximum atomic E-state index is 12.5. The van der Waals surface area contributed by atoms with E-state index in [4.69, 9.17) is 0 Å². The maximum absolute atomic E-state index is 12.5. The minimum Gasteiger partial charge on any atom is -0.389 e. The maximum Gasteiger partial charge on any atom is 0.123 e. The summed E-state index contributed by atoms with van der Waals surface area (Å²) in [7, 11) is 0. The summed E-state index contributed by atoms with van der Waals surface area (Å²) in [4.78, 5) is 0. The Morgan fingerprint density at radius 3 is 2.55 bits per heavy atom. The van der Waals surface area contributed by atoms with Crippen molar-refractivity contribution in [3.8, 4) is 0 Å². The fourth-order valence-electron chi connectivity index (χ4n) is 1.11. The summed E-state index contributed by atoms with van der Waals surface area (Å²) in [5.74, 6) is -0.257. The van der Waals surface area contributed by atoms with Gasteiger partial charge < -0.3 is 5.11 Å². The molecule has 1 N–H and O–H groups in total. The summed E-state index contributed by atoms with van der Waals surface area (Å²) in [5.41, 5.74) is 1.58. The highest BCUT2D eigenvalue weighted by Crippen LogP contribution is 2.17. The molecule has 0 bridgehead atoms. The van der Waals surface area contributed by atoms with Gasteiger partial charge in [0.1, 0.15) is 5.82 Å². The fourth-order valence-corrected chi connectivity index (χ4v) is 1.11. The zero-order valence-corrected chi connectivity index (χ0v) is 6.63. The minimum atomic E-state index is -0.518. The van der Waals surface area contributed by atoms with Crippen LogP contribution in [0.3, 0.4) is 0 Å². The zero-order chi connectivity index (χ0) is 8.43. The summed E-state index contributed by atoms with van der Waals surface area (Å²) < 4.78 is 12.5. The largest absolute Gasteiger partial charge is 0.389 e. The van der Waals surface area contributed by atoms with Gasteiger partial charge in [0.05, 0.1) is 6.10 Å². The molecule has 0 saturated heterocycles. The first-order valence-electron chi connectivity index (χ1n) is 3.55. The lowest BCUT2D eigenvalue weighted by molar-refractivity contribution is 0.198. The lowest BCUT2D eigenvalue weighted by atomic mass is 10.0. The number of rotatable bonds is 1. The van der Waals surface area contributed by atoms with Crippen LogP contribution < -0.4 is 0 Å². The van der Waals surface area contributed by atoms with Crippen LogP contribution in [-0.2, 0) is 0 Å². The molecular formula is C9H11FO. The normalized spacial score (nSPS) is 13.1. The fraction of sp³-hybridized carbons (Fsp3) is 0.333. The van der Waals surface area contributed by atoms with Gasteiger partial charge in [0.25, 0.3) is 0 Å². The van der Waals surface area contributed by atoms with Gasteiger partial charge >= 0.3 is 0 Å². The molecule has 0 amide bonds. The Morgan fingerprint density at radius 2 is 2.09 bits per heavy atom. The first-order valence-corrected chi connectivity index (χ1v) is 3.55. The van der Waals surface area contributed by atoms with Gasteiger partial charge in [-0.05, 0) is 37.1 Å². The van der Waals surface area contributed by atoms with Crippen molar-refractivity contribution < 1.29 is 9.50 Å². The number of aryl methyl sites for hydroxylation is 1. The molecule has 0 aliphatic heterocycles. The number of hydrogen-bond donors (Lipinski definition) is 1. The van der Waals surface area contributed by atoms with Gasteiger partial charge in [-0.15, -0.1) is 0 Å². The van der Waals surface area contributed by atoms with Crippen molar-refractivity contribution >= 4 is 0 Å². The smallest absolute Gasteiger partial charge is 0.123 e. The first kappa shape index (κ1) is 8.21. The van der Waals surface area contributed by atoms with Crippen molar-refractivity contribution in [2.24, 2.45) is 0 Å². The zero-order valence-electron chi connectivity index (χ0n) is 6.63. The van der Waals surface area contributed by atoms with E-state index in [1.54, 1.807) is 19.9 Å². The first-order chi connectivity index (χ1) is 5.11. The molecule has 2 heteroatoms. The molecule has 1 aromatic carbocycles. The highest BCUT2D eigenvalue weighted by atomic mass is 19.1. The molecule has 1 rings (SSSR count). The molecule has 1 aromatic rings. The minimum absolute atomic E-state index is 0.257. The molecule has 11 heavy (non-hydrogen) atoms. The molecule has 0 aliphatic carbocycles. The Bertz CT molecular complexity index is 256. The van der Waals surface area contributed by atoms with Gasteiger partial charge in [0.15, 0.2) is 0 Å². The van der Waals surface area contributed by atoms with Crippen molar-refractivity contribution in [3.05, 3.63) is 35.1 Å². The second kappa shape index (κ2) is 3.01. The van der Waals surface area contributed by atoms with Crippen LogP contribution in [0.4, 0.5) is 4.39 Å². The van der Waals surface area contributed by atoms with Gasteiger partial charge in [-0.25, -0.2) is 4.39 Å². The van der Waals surface area contributed by atoms with E-state index in [1.807, 2.05) is 0 Å². The number of hydrogen-bond acceptors (Lipinski definition) is 1. The predicted molar refractivity (Wildman–Crippen MR) is 41.8 cm³/mol. The highest BCUT2D eigenvalue weighted by Gasteiger charge is 2.04. The monoisotopic (exact) mass is 154 g/mol. The average Bonchev–Trinajstić information content (AvgIpc) is 1.85. The Kier molecular flexibility index (Phi) is 2.25. The number of benzene rings is 1. The van der Waals surface area contributed by atoms with Crippen molar-refractivity contribution in [2.75, 3.05) is 0 Å². The van der Waals surface area contributed by atoms with E-state index in [9.17, 15) is 9.50 Å². The Morgan fingerprint density at radius 1 is 1.45 bits per heavy atom. The van der Waals surface area contributed by atoms with Gasteiger partial charge in [0, 0.05) is 0 Å². The third kappa shape index (κ3) is 1.77. The molecule has 0 spiro atoms. The summed E-state index contributed by atoms with van der Waals surface area (Å²) in [5, 5.41) is 9.17. The lowest BCUT2D eigenvalue weighted by Crippen LogP contribution is -1.94. The van der Waals surface area contributed by atoms with Crippen LogP contribution in [0.25, 0.3) is 0 Å². The van der Waals surface area contributed by atoms with E-state index in [1.165, 1.54) is 12.1 Å². The van der Waals surface area contributed by atoms with E-state index in [-0.39, 0.29) is 5.82 Å². The molecular weight excluding hydrogens is 143 g/mol. The lowest BCUT2D eigenvalue weighted by Gasteiger charge is -2.07. The SMILES string of the molecule is Cc1cc(F)ccc1[C@@H](C)O. The van der Waals surface area contributed by atoms with Crippen LogP contribution in [0.1, 0.15) is 24.2 Å². The third-order valence-electron chi connectivity index (χ3n) is 1.68. The van der Waals surface area contributed by atoms with E-state index >= 15 is 0 Å². The van der Waals surface area contributed by atoms with Gasteiger partial charge in [-0.1, -0.05) is 6.07 Å². The topological polar surface area (TPSA) is 20.2 Å². The number of aliphatic hydroxyl groups is 1. The van der Waals surface area contributed by atoms with Gasteiger partial charge in [-0.3, -0.25) is 0 Å². The molecule has 0 fully saturated rings. The van der Waals surface area contributed by atoms with E-state index in [0.29, 0.717) is 0 Å². The standard InChI is InChI=1S/C9H11FO/c1-6-5-8(10)3-4-9(6)7(2)11/h3-5,7,11H,1-2H3/t7-/m1/s1. The van der Waals surface area contributed by atoms with Gasteiger partial charge in [-0.2, -0.15) is 0 Å². The second-order valence-corrected chi connectivity index (χ2v) is 2.68. The quantitative estimate of drug-likeness (QED) is 0.657. The molecule has 60 valence electrons. The predicted octanol–water partition coefficient (Wildman–Crippen LogP) is 2.19. The van der Waals surface area contributed by atoms with Crippen molar-refractivity contribution in [1.82, 2.24) is 0 Å². The number of aliphatic hydroxyl groups excluding tert-OH is 1. The molecule has 0 radical (unpaired) electrons. The molecule has 0 saturated carbocycles. The molecule has 0 unspecified atom stereocenters. The van der Waals surface area contributed by atoms with Crippen LogP contribution >= 0.6 is 0 Å². The van der Waals surface area contributed by atoms with Gasteiger partial charge in [0.2, 0.25) is 0 Å². The second-order valence-electron chi connectivity index (χ2n) is 2.68. The third-order valence-corrected chi connectivity index (χ3v) is 1.68. The molecule has 1 nitrogen and oxygen atoms in total. The summed E-state index contributed by atoms with van der Waals surface area (Å²) >= 11 is 0. The van der Waals surface area contributed by atoms with Crippen molar-refractivity contribution in [1.29, 1.82) is 0 Å². The highest BCUT2D eigenvalue weighted by molar-refractivity contribution is 5.27. The Balaban J connectivity index is 3.09. The Labute approximate surface area is 65.5 Å². The molecule has 0 aromatic heterocycles. The van der Waals surface area contributed by atoms with E-state index in [2.05, 4.69) is 0 Å². The molecule has 1 atom stereocenters. The van der Waals surface area contributed by atoms with Crippen LogP contribution in [-0.4, -0.2) is 5.11 Å². The summed E-state index contributed by atoms with van der Waals surface area (Å²) in [6, 6.07) is 4.38. The van der Waals surface area contributed by atoms with E-state index < -0.39 is 6.10 Å². The van der Waals surface area contributed by atoms with Crippen molar-refractivity contribution in [2.45, 2.75) is 20.0 Å². The van der Waals surface area contributed by atoms with Crippen LogP contribution in [0, 0.1) is 12.7 Å². The van der Waals surface area contributed by atoms with Crippen LogP contribution in [0.2, 0.25) is 0 Å². The van der Waals surface area contributed by atoms with Crippen molar-refractivity contribution in [3.63, 3.8) is 0 Å². The Hall–Kier alpha value is -0.890. The number of halogens is 1. The average molecular weight is 154 g/mol. The van der Waals surface area contributed by atoms with Crippen LogP contribution in [0.5, 0.6) is 0 Å².